The molecule has 0 unspecified atom stereocenters. The van der Waals surface area contributed by atoms with Crippen LogP contribution in [0.1, 0.15) is 61.7 Å². The SMILES string of the molecule is C/C(=C\C(=O)O)c1ccc2nc(CN3CCC(Oc4ccc(F)c(COc5ccc(C#N)cc5F)c4)CC3)n(CC3(CC#N)CC3)c2n1. The number of aromatic nitrogens is 3. The van der Waals surface area contributed by atoms with Crippen LogP contribution in [0.4, 0.5) is 8.78 Å². The van der Waals surface area contributed by atoms with Gasteiger partial charge in [-0.1, -0.05) is 0 Å². The van der Waals surface area contributed by atoms with Gasteiger partial charge in [-0.3, -0.25) is 4.90 Å². The monoisotopic (exact) mass is 652 g/mol. The fourth-order valence-corrected chi connectivity index (χ4v) is 6.04. The summed E-state index contributed by atoms with van der Waals surface area (Å²) in [5.41, 5.74) is 2.81. The molecule has 48 heavy (non-hydrogen) atoms. The fraction of sp³-hybridized carbons (Fsp3) is 0.361. The zero-order valence-electron chi connectivity index (χ0n) is 26.5. The normalized spacial score (nSPS) is 16.3. The first-order valence-electron chi connectivity index (χ1n) is 15.8. The molecule has 1 aliphatic heterocycles. The molecule has 0 spiro atoms. The summed E-state index contributed by atoms with van der Waals surface area (Å²) in [5, 5.41) is 27.6. The Bertz CT molecular complexity index is 1970. The number of nitrogens with zero attached hydrogens (tertiary/aromatic N) is 6. The third-order valence-corrected chi connectivity index (χ3v) is 8.98. The Morgan fingerprint density at radius 2 is 1.88 bits per heavy atom. The van der Waals surface area contributed by atoms with Gasteiger partial charge < -0.3 is 19.1 Å². The van der Waals surface area contributed by atoms with Crippen LogP contribution < -0.4 is 9.47 Å². The number of allylic oxidation sites excluding steroid dienone is 1. The van der Waals surface area contributed by atoms with Gasteiger partial charge in [0.15, 0.2) is 17.2 Å². The van der Waals surface area contributed by atoms with Crippen molar-refractivity contribution in [2.24, 2.45) is 5.41 Å². The van der Waals surface area contributed by atoms with Crippen molar-refractivity contribution in [2.75, 3.05) is 13.1 Å². The largest absolute Gasteiger partial charge is 0.490 e. The molecule has 1 saturated carbocycles. The summed E-state index contributed by atoms with van der Waals surface area (Å²) >= 11 is 0. The molecule has 0 atom stereocenters. The summed E-state index contributed by atoms with van der Waals surface area (Å²) < 4.78 is 42.6. The number of hydrogen-bond acceptors (Lipinski definition) is 8. The van der Waals surface area contributed by atoms with Gasteiger partial charge >= 0.3 is 5.97 Å². The highest BCUT2D eigenvalue weighted by Crippen LogP contribution is 2.50. The number of fused-ring (bicyclic) bond motifs is 1. The number of imidazole rings is 1. The number of nitriles is 2. The Hall–Kier alpha value is -5.33. The van der Waals surface area contributed by atoms with E-state index < -0.39 is 17.6 Å². The average Bonchev–Trinajstić information content (AvgIpc) is 3.75. The minimum absolute atomic E-state index is 0.0701. The maximum absolute atomic E-state index is 14.6. The third-order valence-electron chi connectivity index (χ3n) is 8.98. The van der Waals surface area contributed by atoms with Crippen molar-refractivity contribution >= 4 is 22.7 Å². The molecule has 2 fully saturated rings. The van der Waals surface area contributed by atoms with E-state index >= 15 is 0 Å². The molecule has 10 nitrogen and oxygen atoms in total. The maximum atomic E-state index is 14.6. The Morgan fingerprint density at radius 3 is 2.56 bits per heavy atom. The summed E-state index contributed by atoms with van der Waals surface area (Å²) in [7, 11) is 0. The lowest BCUT2D eigenvalue weighted by atomic mass is 10.0. The molecular weight excluding hydrogens is 618 g/mol. The van der Waals surface area contributed by atoms with E-state index in [4.69, 9.17) is 24.7 Å². The number of hydrogen-bond donors (Lipinski definition) is 1. The summed E-state index contributed by atoms with van der Waals surface area (Å²) in [5.74, 6) is -0.947. The lowest BCUT2D eigenvalue weighted by Gasteiger charge is -2.32. The van der Waals surface area contributed by atoms with E-state index in [9.17, 15) is 23.9 Å². The number of pyridine rings is 1. The molecular formula is C36H34F2N6O4. The number of halogens is 2. The number of piperidine rings is 1. The topological polar surface area (TPSA) is 137 Å². The van der Waals surface area contributed by atoms with Gasteiger partial charge in [0.05, 0.1) is 29.9 Å². The second kappa shape index (κ2) is 13.8. The molecule has 2 aromatic heterocycles. The van der Waals surface area contributed by atoms with Crippen LogP contribution in [-0.2, 0) is 24.5 Å². The van der Waals surface area contributed by atoms with E-state index in [1.165, 1.54) is 18.2 Å². The van der Waals surface area contributed by atoms with Gasteiger partial charge in [-0.2, -0.15) is 10.5 Å². The molecule has 1 N–H and O–H groups in total. The number of carboxylic acids is 1. The molecule has 2 aromatic carbocycles. The number of carboxylic acid groups (broad SMARTS) is 1. The zero-order valence-corrected chi connectivity index (χ0v) is 26.5. The first-order chi connectivity index (χ1) is 23.1. The second-order valence-electron chi connectivity index (χ2n) is 12.5. The van der Waals surface area contributed by atoms with Crippen LogP contribution in [0.2, 0.25) is 0 Å². The van der Waals surface area contributed by atoms with Crippen LogP contribution in [0, 0.1) is 39.7 Å². The minimum atomic E-state index is -1.04. The van der Waals surface area contributed by atoms with E-state index in [1.54, 1.807) is 25.1 Å². The van der Waals surface area contributed by atoms with Crippen LogP contribution in [0.5, 0.6) is 11.5 Å². The predicted octanol–water partition coefficient (Wildman–Crippen LogP) is 6.39. The van der Waals surface area contributed by atoms with Crippen molar-refractivity contribution < 1.29 is 28.2 Å². The summed E-state index contributed by atoms with van der Waals surface area (Å²) in [4.78, 5) is 23.3. The maximum Gasteiger partial charge on any atom is 0.328 e. The minimum Gasteiger partial charge on any atom is -0.490 e. The van der Waals surface area contributed by atoms with E-state index in [0.717, 1.165) is 62.3 Å². The number of ether oxygens (including phenoxy) is 2. The fourth-order valence-electron chi connectivity index (χ4n) is 6.04. The van der Waals surface area contributed by atoms with E-state index in [2.05, 4.69) is 15.5 Å². The van der Waals surface area contributed by atoms with Gasteiger partial charge in [0.1, 0.15) is 35.6 Å². The lowest BCUT2D eigenvalue weighted by Crippen LogP contribution is -2.38. The molecule has 0 bridgehead atoms. The highest BCUT2D eigenvalue weighted by molar-refractivity contribution is 5.89. The molecule has 246 valence electrons. The van der Waals surface area contributed by atoms with E-state index in [-0.39, 0.29) is 35.0 Å². The number of aliphatic carboxylic acids is 1. The first kappa shape index (κ1) is 32.6. The number of carbonyl (C=O) groups is 1. The quantitative estimate of drug-likeness (QED) is 0.173. The Morgan fingerprint density at radius 1 is 1.08 bits per heavy atom. The molecule has 6 rings (SSSR count). The van der Waals surface area contributed by atoms with Crippen LogP contribution in [0.25, 0.3) is 16.7 Å². The highest BCUT2D eigenvalue weighted by Gasteiger charge is 2.43. The van der Waals surface area contributed by atoms with Crippen molar-refractivity contribution in [3.63, 3.8) is 0 Å². The highest BCUT2D eigenvalue weighted by atomic mass is 19.1. The van der Waals surface area contributed by atoms with Gasteiger partial charge in [-0.05, 0) is 86.7 Å². The standard InChI is InChI=1S/C36H34F2N6O4/c1-23(16-34(45)46)30-5-6-31-35(42-30)44(22-36(10-11-36)12-13-39)33(41-31)20-43-14-8-26(9-15-43)48-27-3-4-28(37)25(18-27)21-47-32-7-2-24(19-40)17-29(32)38/h2-7,16-18,26H,8-12,14-15,20-22H2,1H3,(H,45,46)/b23-16+. The van der Waals surface area contributed by atoms with Gasteiger partial charge in [-0.15, -0.1) is 0 Å². The van der Waals surface area contributed by atoms with Crippen molar-refractivity contribution in [1.82, 2.24) is 19.4 Å². The Balaban J connectivity index is 1.11. The molecule has 0 radical (unpaired) electrons. The molecule has 1 saturated heterocycles. The van der Waals surface area contributed by atoms with Crippen LogP contribution in [0.3, 0.4) is 0 Å². The van der Waals surface area contributed by atoms with Gasteiger partial charge in [0, 0.05) is 43.1 Å². The van der Waals surface area contributed by atoms with Crippen molar-refractivity contribution in [3.05, 3.63) is 88.9 Å². The molecule has 12 heteroatoms. The van der Waals surface area contributed by atoms with Crippen LogP contribution >= 0.6 is 0 Å². The Labute approximate surface area is 276 Å². The van der Waals surface area contributed by atoms with Crippen LogP contribution in [-0.4, -0.2) is 49.7 Å². The Kier molecular flexibility index (Phi) is 9.37. The summed E-state index contributed by atoms with van der Waals surface area (Å²) in [6, 6.07) is 16.1. The first-order valence-corrected chi connectivity index (χ1v) is 15.8. The number of likely N-dealkylation sites (tertiary alicyclic amines) is 1. The molecule has 3 heterocycles. The van der Waals surface area contributed by atoms with E-state index in [0.29, 0.717) is 42.2 Å². The molecule has 0 amide bonds. The van der Waals surface area contributed by atoms with Crippen molar-refractivity contribution in [1.29, 1.82) is 10.5 Å². The van der Waals surface area contributed by atoms with Gasteiger partial charge in [0.2, 0.25) is 0 Å². The predicted molar refractivity (Wildman–Crippen MR) is 171 cm³/mol. The summed E-state index contributed by atoms with van der Waals surface area (Å²) in [6.07, 6.45) is 4.90. The number of rotatable bonds is 12. The van der Waals surface area contributed by atoms with Gasteiger partial charge in [0.25, 0.3) is 0 Å². The smallest absolute Gasteiger partial charge is 0.328 e. The third kappa shape index (κ3) is 7.45. The van der Waals surface area contributed by atoms with Crippen molar-refractivity contribution in [3.8, 4) is 23.6 Å². The van der Waals surface area contributed by atoms with Gasteiger partial charge in [-0.25, -0.2) is 23.5 Å². The lowest BCUT2D eigenvalue weighted by molar-refractivity contribution is -0.131. The average molecular weight is 653 g/mol. The summed E-state index contributed by atoms with van der Waals surface area (Å²) in [6.45, 7) is 4.20. The molecule has 4 aromatic rings. The molecule has 1 aliphatic carbocycles. The van der Waals surface area contributed by atoms with E-state index in [1.807, 2.05) is 12.1 Å². The second-order valence-corrected chi connectivity index (χ2v) is 12.5. The number of benzene rings is 2. The van der Waals surface area contributed by atoms with Crippen molar-refractivity contribution in [2.45, 2.75) is 64.8 Å². The molecule has 2 aliphatic rings. The van der Waals surface area contributed by atoms with Crippen LogP contribution in [0.15, 0.2) is 54.6 Å². The zero-order chi connectivity index (χ0) is 33.8.